The number of carbonyl (C=O) groups excluding carboxylic acids is 1. The van der Waals surface area contributed by atoms with Crippen LogP contribution in [0.2, 0.25) is 10.0 Å². The monoisotopic (exact) mass is 477 g/mol. The van der Waals surface area contributed by atoms with E-state index in [9.17, 15) is 19.8 Å². The van der Waals surface area contributed by atoms with Crippen molar-refractivity contribution in [2.45, 2.75) is 57.6 Å². The van der Waals surface area contributed by atoms with Crippen LogP contribution in [0, 0.1) is 5.41 Å². The van der Waals surface area contributed by atoms with Crippen LogP contribution in [0.15, 0.2) is 48.5 Å². The van der Waals surface area contributed by atoms with Crippen LogP contribution in [0.5, 0.6) is 0 Å². The average molecular weight is 478 g/mol. The van der Waals surface area contributed by atoms with Gasteiger partial charge in [-0.1, -0.05) is 67.7 Å². The number of aliphatic hydroxyl groups is 1. The lowest BCUT2D eigenvalue weighted by Gasteiger charge is -2.49. The van der Waals surface area contributed by atoms with E-state index in [4.69, 9.17) is 23.2 Å². The highest BCUT2D eigenvalue weighted by atomic mass is 35.5. The third-order valence-electron chi connectivity index (χ3n) is 6.22. The van der Waals surface area contributed by atoms with E-state index in [0.29, 0.717) is 22.9 Å². The first-order valence-electron chi connectivity index (χ1n) is 10.9. The van der Waals surface area contributed by atoms with Crippen molar-refractivity contribution >= 4 is 35.1 Å². The molecule has 1 heterocycles. The molecule has 2 N–H and O–H groups in total. The summed E-state index contributed by atoms with van der Waals surface area (Å²) in [4.78, 5) is 27.1. The van der Waals surface area contributed by atoms with Gasteiger partial charge in [0.1, 0.15) is 0 Å². The summed E-state index contributed by atoms with van der Waals surface area (Å²) in [7, 11) is 0. The van der Waals surface area contributed by atoms with E-state index in [0.717, 1.165) is 17.5 Å². The molecular formula is C25H29Cl2NO4. The molecule has 0 bridgehead atoms. The third kappa shape index (κ3) is 5.45. The van der Waals surface area contributed by atoms with Gasteiger partial charge in [0.15, 0.2) is 0 Å². The second-order valence-electron chi connectivity index (χ2n) is 8.89. The van der Waals surface area contributed by atoms with Gasteiger partial charge < -0.3 is 15.1 Å². The fourth-order valence-electron chi connectivity index (χ4n) is 4.81. The number of β-amino-alcohol motifs (C(OH)–C–C–N with tert-alkyl or cyclic N) is 1. The van der Waals surface area contributed by atoms with Crippen molar-refractivity contribution in [2.75, 3.05) is 6.54 Å². The fraction of sp³-hybridized carbons (Fsp3) is 0.440. The number of piperidine rings is 1. The Bertz CT molecular complexity index is 965. The first-order chi connectivity index (χ1) is 15.1. The Morgan fingerprint density at radius 2 is 1.84 bits per heavy atom. The minimum absolute atomic E-state index is 0.131. The van der Waals surface area contributed by atoms with Gasteiger partial charge in [0, 0.05) is 22.5 Å². The van der Waals surface area contributed by atoms with Crippen LogP contribution < -0.4 is 0 Å². The highest BCUT2D eigenvalue weighted by molar-refractivity contribution is 6.30. The lowest BCUT2D eigenvalue weighted by atomic mass is 9.67. The number of carbonyl (C=O) groups is 2. The van der Waals surface area contributed by atoms with Gasteiger partial charge in [0.05, 0.1) is 24.0 Å². The van der Waals surface area contributed by atoms with Gasteiger partial charge in [-0.25, -0.2) is 0 Å². The smallest absolute Gasteiger partial charge is 0.304 e. The summed E-state index contributed by atoms with van der Waals surface area (Å²) in [5.41, 5.74) is 0.707. The van der Waals surface area contributed by atoms with Crippen molar-refractivity contribution in [3.05, 3.63) is 69.7 Å². The Balaban J connectivity index is 2.15. The number of benzene rings is 2. The molecule has 1 aliphatic heterocycles. The number of aliphatic carboxylic acids is 1. The van der Waals surface area contributed by atoms with Crippen LogP contribution in [0.25, 0.3) is 0 Å². The van der Waals surface area contributed by atoms with Gasteiger partial charge in [-0.2, -0.15) is 0 Å². The van der Waals surface area contributed by atoms with E-state index >= 15 is 0 Å². The van der Waals surface area contributed by atoms with Gasteiger partial charge >= 0.3 is 5.97 Å². The van der Waals surface area contributed by atoms with E-state index < -0.39 is 17.5 Å². The number of hydrogen-bond donors (Lipinski definition) is 2. The lowest BCUT2D eigenvalue weighted by Crippen LogP contribution is -2.54. The molecule has 0 radical (unpaired) electrons. The molecule has 172 valence electrons. The zero-order chi connectivity index (χ0) is 23.5. The van der Waals surface area contributed by atoms with Crippen LogP contribution in [-0.4, -0.2) is 39.6 Å². The Morgan fingerprint density at radius 1 is 1.16 bits per heavy atom. The molecule has 0 aromatic heterocycles. The van der Waals surface area contributed by atoms with Gasteiger partial charge in [-0.3, -0.25) is 9.59 Å². The highest BCUT2D eigenvalue weighted by Crippen LogP contribution is 2.51. The number of halogens is 2. The second-order valence-corrected chi connectivity index (χ2v) is 9.77. The van der Waals surface area contributed by atoms with E-state index in [1.54, 1.807) is 30.0 Å². The number of hydrogen-bond acceptors (Lipinski definition) is 3. The molecule has 7 heteroatoms. The molecule has 5 nitrogen and oxygen atoms in total. The number of nitrogens with zero attached hydrogens (tertiary/aromatic N) is 1. The lowest BCUT2D eigenvalue weighted by molar-refractivity contribution is -0.159. The van der Waals surface area contributed by atoms with E-state index in [1.165, 1.54) is 0 Å². The highest BCUT2D eigenvalue weighted by Gasteiger charge is 2.50. The van der Waals surface area contributed by atoms with E-state index in [2.05, 4.69) is 0 Å². The molecule has 1 amide bonds. The number of aliphatic hydroxyl groups excluding tert-OH is 1. The predicted octanol–water partition coefficient (Wildman–Crippen LogP) is 5.69. The molecule has 0 spiro atoms. The molecule has 3 rings (SSSR count). The van der Waals surface area contributed by atoms with Crippen molar-refractivity contribution in [1.29, 1.82) is 0 Å². The van der Waals surface area contributed by atoms with Crippen molar-refractivity contribution in [2.24, 2.45) is 5.41 Å². The number of likely N-dealkylation sites (tertiary alicyclic amines) is 1. The van der Waals surface area contributed by atoms with Crippen molar-refractivity contribution in [3.8, 4) is 0 Å². The number of carboxylic acids is 1. The Kier molecular flexibility index (Phi) is 7.86. The van der Waals surface area contributed by atoms with Crippen LogP contribution in [0.3, 0.4) is 0 Å². The summed E-state index contributed by atoms with van der Waals surface area (Å²) in [5.74, 6) is -1.48. The van der Waals surface area contributed by atoms with Crippen molar-refractivity contribution < 1.29 is 19.8 Å². The first-order valence-corrected chi connectivity index (χ1v) is 11.6. The largest absolute Gasteiger partial charge is 0.481 e. The van der Waals surface area contributed by atoms with Gasteiger partial charge in [-0.05, 0) is 48.2 Å². The maximum absolute atomic E-state index is 13.7. The Hall–Kier alpha value is -2.08. The molecule has 0 saturated carbocycles. The predicted molar refractivity (Wildman–Crippen MR) is 126 cm³/mol. The van der Waals surface area contributed by atoms with E-state index in [-0.39, 0.29) is 30.8 Å². The summed E-state index contributed by atoms with van der Waals surface area (Å²) in [5, 5.41) is 21.4. The van der Waals surface area contributed by atoms with Gasteiger partial charge in [-0.15, -0.1) is 0 Å². The summed E-state index contributed by atoms with van der Waals surface area (Å²) in [6.07, 6.45) is 0.696. The van der Waals surface area contributed by atoms with Crippen LogP contribution in [0.1, 0.15) is 62.6 Å². The van der Waals surface area contributed by atoms with Gasteiger partial charge in [0.2, 0.25) is 5.91 Å². The van der Waals surface area contributed by atoms with E-state index in [1.807, 2.05) is 37.3 Å². The maximum Gasteiger partial charge on any atom is 0.304 e. The van der Waals surface area contributed by atoms with Gasteiger partial charge in [0.25, 0.3) is 0 Å². The minimum atomic E-state index is -1.10. The molecule has 4 atom stereocenters. The standard InChI is InChI=1S/C25H29Cl2NO4/c1-3-5-20(29)15-28-23(16-8-10-18(26)11-9-16)21(17-6-4-7-19(27)12-17)13-25(2,24(28)32)14-22(30)31/h4,6-12,20-21,23,29H,3,5,13-15H2,1-2H3,(H,30,31)/t20-,21+,23+,25+/m0/s1. The Morgan fingerprint density at radius 3 is 2.44 bits per heavy atom. The molecule has 0 unspecified atom stereocenters. The van der Waals surface area contributed by atoms with Crippen LogP contribution in [0.4, 0.5) is 0 Å². The molecule has 1 fully saturated rings. The summed E-state index contributed by atoms with van der Waals surface area (Å²) in [6, 6.07) is 14.4. The molecule has 2 aromatic carbocycles. The normalized spacial score (nSPS) is 24.4. The maximum atomic E-state index is 13.7. The summed E-state index contributed by atoms with van der Waals surface area (Å²) < 4.78 is 0. The quantitative estimate of drug-likeness (QED) is 0.511. The summed E-state index contributed by atoms with van der Waals surface area (Å²) >= 11 is 12.4. The van der Waals surface area contributed by atoms with Crippen molar-refractivity contribution in [1.82, 2.24) is 4.90 Å². The number of carboxylic acid groups (broad SMARTS) is 1. The first kappa shape index (κ1) is 24.6. The molecule has 1 saturated heterocycles. The zero-order valence-electron chi connectivity index (χ0n) is 18.3. The molecule has 32 heavy (non-hydrogen) atoms. The third-order valence-corrected chi connectivity index (χ3v) is 6.71. The average Bonchev–Trinajstić information content (AvgIpc) is 2.72. The molecule has 0 aliphatic carbocycles. The molecule has 2 aromatic rings. The minimum Gasteiger partial charge on any atom is -0.481 e. The molecular weight excluding hydrogens is 449 g/mol. The van der Waals surface area contributed by atoms with Crippen LogP contribution in [-0.2, 0) is 9.59 Å². The number of amides is 1. The van der Waals surface area contributed by atoms with Crippen LogP contribution >= 0.6 is 23.2 Å². The molecule has 1 aliphatic rings. The zero-order valence-corrected chi connectivity index (χ0v) is 19.8. The van der Waals surface area contributed by atoms with Crippen molar-refractivity contribution in [3.63, 3.8) is 0 Å². The number of rotatable bonds is 8. The Labute approximate surface area is 199 Å². The topological polar surface area (TPSA) is 77.8 Å². The second kappa shape index (κ2) is 10.2. The summed E-state index contributed by atoms with van der Waals surface area (Å²) in [6.45, 7) is 3.81. The fourth-order valence-corrected chi connectivity index (χ4v) is 5.14. The SMILES string of the molecule is CCC[C@H](O)CN1C(=O)[C@@](C)(CC(=O)O)C[C@H](c2cccc(Cl)c2)[C@H]1c1ccc(Cl)cc1.